The van der Waals surface area contributed by atoms with E-state index in [0.29, 0.717) is 0 Å². The highest BCUT2D eigenvalue weighted by Gasteiger charge is 1.86. The summed E-state index contributed by atoms with van der Waals surface area (Å²) in [4.78, 5) is 0. The van der Waals surface area contributed by atoms with Crippen molar-refractivity contribution in [2.45, 2.75) is 33.6 Å². The van der Waals surface area contributed by atoms with Gasteiger partial charge in [-0.2, -0.15) is 0 Å². The Balaban J connectivity index is 3.54. The summed E-state index contributed by atoms with van der Waals surface area (Å²) in [7, 11) is 0. The molecule has 0 aromatic rings. The molecule has 0 unspecified atom stereocenters. The van der Waals surface area contributed by atoms with Crippen LogP contribution in [0, 0.1) is 0 Å². The average Bonchev–Trinajstić information content (AvgIpc) is 1.87. The topological polar surface area (TPSA) is 20.2 Å². The molecule has 1 N–H and O–H groups in total. The van der Waals surface area contributed by atoms with Crippen LogP contribution in [-0.2, 0) is 0 Å². The molecule has 0 saturated carbocycles. The van der Waals surface area contributed by atoms with Crippen LogP contribution in [0.3, 0.4) is 0 Å². The molecule has 1 heteroatoms. The van der Waals surface area contributed by atoms with Crippen molar-refractivity contribution in [1.29, 1.82) is 0 Å². The van der Waals surface area contributed by atoms with Gasteiger partial charge in [0.1, 0.15) is 0 Å². The number of aliphatic hydroxyl groups is 1. The average molecular weight is 156 g/mol. The Morgan fingerprint density at radius 2 is 2.00 bits per heavy atom. The van der Waals surface area contributed by atoms with Crippen LogP contribution in [0.5, 0.6) is 0 Å². The highest BCUT2D eigenvalue weighted by molar-refractivity contribution is 5.01. The Bertz CT molecular complexity index is 150. The van der Waals surface area contributed by atoms with Crippen molar-refractivity contribution in [2.75, 3.05) is 6.61 Å². The van der Waals surface area contributed by atoms with Crippen molar-refractivity contribution in [3.8, 4) is 0 Å². The summed E-state index contributed by atoms with van der Waals surface area (Å²) >= 11 is 0. The first-order valence-electron chi connectivity index (χ1n) is 4.06. The van der Waals surface area contributed by atoms with Crippen molar-refractivity contribution in [1.82, 2.24) is 0 Å². The van der Waals surface area contributed by atoms with Crippen LogP contribution in [0.2, 0.25) is 0 Å². The molecule has 0 aliphatic rings. The first kappa shape index (κ1) is 10.4. The van der Waals surface area contributed by atoms with E-state index >= 15 is 0 Å². The van der Waals surface area contributed by atoms with Crippen molar-refractivity contribution in [3.63, 3.8) is 0 Å². The lowest BCUT2D eigenvalue weighted by atomic mass is 10.1. The molecule has 0 spiro atoms. The first-order chi connectivity index (χ1) is 5.16. The lowest BCUT2D eigenvalue weighted by molar-refractivity contribution is 0.341. The lowest BCUT2D eigenvalue weighted by Gasteiger charge is -1.96. The monoisotopic (exact) mass is 156 g/mol. The predicted molar refractivity (Wildman–Crippen MR) is 49.5 cm³/mol. The summed E-state index contributed by atoms with van der Waals surface area (Å²) < 4.78 is 0. The minimum atomic E-state index is 0.167. The molecule has 0 aliphatic heterocycles. The Morgan fingerprint density at radius 3 is 2.45 bits per heavy atom. The Morgan fingerprint density at radius 1 is 1.36 bits per heavy atom. The minimum Gasteiger partial charge on any atom is -0.392 e. The summed E-state index contributed by atoms with van der Waals surface area (Å²) in [5, 5.41) is 8.55. The van der Waals surface area contributed by atoms with Gasteiger partial charge in [0.15, 0.2) is 0 Å². The van der Waals surface area contributed by atoms with E-state index in [0.717, 1.165) is 12.8 Å². The van der Waals surface area contributed by atoms with Crippen molar-refractivity contribution >= 4 is 0 Å². The first-order valence-corrected chi connectivity index (χ1v) is 4.06. The van der Waals surface area contributed by atoms with Crippen LogP contribution in [0.15, 0.2) is 23.3 Å². The second-order valence-corrected chi connectivity index (χ2v) is 3.05. The van der Waals surface area contributed by atoms with Gasteiger partial charge in [-0.25, -0.2) is 0 Å². The van der Waals surface area contributed by atoms with E-state index in [1.54, 1.807) is 0 Å². The Labute approximate surface area is 69.4 Å². The molecule has 0 aliphatic carbocycles. The molecule has 0 aromatic carbocycles. The largest absolute Gasteiger partial charge is 0.392 e. The minimum absolute atomic E-state index is 0.167. The molecular weight excluding hydrogens is 138 g/mol. The van der Waals surface area contributed by atoms with Gasteiger partial charge in [0.25, 0.3) is 0 Å². The summed E-state index contributed by atoms with van der Waals surface area (Å²) in [5.41, 5.74) is 2.63. The fraction of sp³-hybridized carbons (Fsp3) is 0.600. The van der Waals surface area contributed by atoms with E-state index in [-0.39, 0.29) is 6.61 Å². The van der Waals surface area contributed by atoms with Crippen LogP contribution >= 0.6 is 0 Å². The van der Waals surface area contributed by atoms with Gasteiger partial charge in [-0.1, -0.05) is 23.3 Å². The standard InChI is InChI=1S/C10H18O/c1-9(2)5-4-6-10(3)7-8-11/h5,7,11H,4,6,8H2,1-3H3/b10-7+/i8+2. The molecule has 0 radical (unpaired) electrons. The molecule has 11 heavy (non-hydrogen) atoms. The second kappa shape index (κ2) is 6.17. The summed E-state index contributed by atoms with van der Waals surface area (Å²) in [5.74, 6) is 0. The van der Waals surface area contributed by atoms with E-state index in [1.807, 2.05) is 6.08 Å². The third-order valence-corrected chi connectivity index (χ3v) is 1.53. The van der Waals surface area contributed by atoms with E-state index in [4.69, 9.17) is 5.11 Å². The summed E-state index contributed by atoms with van der Waals surface area (Å²) in [6.07, 6.45) is 6.23. The van der Waals surface area contributed by atoms with Crippen molar-refractivity contribution in [2.24, 2.45) is 0 Å². The van der Waals surface area contributed by atoms with Crippen LogP contribution in [0.25, 0.3) is 0 Å². The summed E-state index contributed by atoms with van der Waals surface area (Å²) in [6.45, 7) is 6.42. The molecule has 1 nitrogen and oxygen atoms in total. The van der Waals surface area contributed by atoms with Gasteiger partial charge in [-0.3, -0.25) is 0 Å². The molecule has 64 valence electrons. The maximum atomic E-state index is 8.55. The van der Waals surface area contributed by atoms with Gasteiger partial charge in [0.2, 0.25) is 0 Å². The lowest BCUT2D eigenvalue weighted by Crippen LogP contribution is -1.80. The number of rotatable bonds is 4. The third-order valence-electron chi connectivity index (χ3n) is 1.53. The van der Waals surface area contributed by atoms with E-state index in [2.05, 4.69) is 26.8 Å². The Kier molecular flexibility index (Phi) is 5.86. The maximum absolute atomic E-state index is 8.55. The number of hydrogen-bond donors (Lipinski definition) is 1. The van der Waals surface area contributed by atoms with Crippen LogP contribution in [-0.4, -0.2) is 11.7 Å². The van der Waals surface area contributed by atoms with Crippen LogP contribution < -0.4 is 0 Å². The van der Waals surface area contributed by atoms with Gasteiger partial charge < -0.3 is 5.11 Å². The van der Waals surface area contributed by atoms with Gasteiger partial charge in [-0.15, -0.1) is 0 Å². The molecular formula is C10H18O. The SMILES string of the molecule is CC(C)=CCC/C(C)=C/[14CH2]O. The van der Waals surface area contributed by atoms with E-state index < -0.39 is 0 Å². The van der Waals surface area contributed by atoms with Crippen molar-refractivity contribution < 1.29 is 5.11 Å². The van der Waals surface area contributed by atoms with Gasteiger partial charge in [-0.05, 0) is 33.6 Å². The highest BCUT2D eigenvalue weighted by Crippen LogP contribution is 2.05. The van der Waals surface area contributed by atoms with Crippen LogP contribution in [0.4, 0.5) is 0 Å². The molecule has 0 heterocycles. The molecule has 0 atom stereocenters. The molecule has 0 rings (SSSR count). The highest BCUT2D eigenvalue weighted by atomic mass is 16.5. The zero-order chi connectivity index (χ0) is 8.69. The molecule has 0 saturated heterocycles. The van der Waals surface area contributed by atoms with Gasteiger partial charge in [0.05, 0.1) is 6.61 Å². The number of aliphatic hydroxyl groups excluding tert-OH is 1. The molecule has 0 amide bonds. The second-order valence-electron chi connectivity index (χ2n) is 3.05. The quantitative estimate of drug-likeness (QED) is 0.620. The van der Waals surface area contributed by atoms with E-state index in [1.165, 1.54) is 11.1 Å². The van der Waals surface area contributed by atoms with Crippen LogP contribution in [0.1, 0.15) is 33.6 Å². The fourth-order valence-corrected chi connectivity index (χ4v) is 0.846. The van der Waals surface area contributed by atoms with Gasteiger partial charge >= 0.3 is 0 Å². The maximum Gasteiger partial charge on any atom is 0.0614 e. The molecule has 0 bridgehead atoms. The van der Waals surface area contributed by atoms with Gasteiger partial charge in [0, 0.05) is 0 Å². The third kappa shape index (κ3) is 7.34. The zero-order valence-corrected chi connectivity index (χ0v) is 7.72. The Hall–Kier alpha value is -0.560. The predicted octanol–water partition coefficient (Wildman–Crippen LogP) is 2.67. The molecule has 0 aromatic heterocycles. The zero-order valence-electron chi connectivity index (χ0n) is 7.72. The fourth-order valence-electron chi connectivity index (χ4n) is 0.846. The number of allylic oxidation sites excluding steroid dienone is 3. The smallest absolute Gasteiger partial charge is 0.0614 e. The normalized spacial score (nSPS) is 11.5. The van der Waals surface area contributed by atoms with Crippen molar-refractivity contribution in [3.05, 3.63) is 23.3 Å². The number of hydrogen-bond acceptors (Lipinski definition) is 1. The van der Waals surface area contributed by atoms with E-state index in [9.17, 15) is 0 Å². The summed E-state index contributed by atoms with van der Waals surface area (Å²) in [6, 6.07) is 0. The molecule has 0 fully saturated rings.